The molecule has 1 saturated carbocycles. The fraction of sp³-hybridized carbons (Fsp3) is 0.750. The Morgan fingerprint density at radius 1 is 1.44 bits per heavy atom. The number of nitrogens with two attached hydrogens (primary N) is 1. The summed E-state index contributed by atoms with van der Waals surface area (Å²) in [6.45, 7) is 4.91. The van der Waals surface area contributed by atoms with Crippen LogP contribution in [-0.4, -0.2) is 9.78 Å². The van der Waals surface area contributed by atoms with E-state index in [1.807, 2.05) is 0 Å². The Balaban J connectivity index is 2.29. The highest BCUT2D eigenvalue weighted by molar-refractivity contribution is 5.43. The quantitative estimate of drug-likeness (QED) is 0.824. The summed E-state index contributed by atoms with van der Waals surface area (Å²) in [6.07, 6.45) is 4.82. The molecule has 0 spiro atoms. The minimum absolute atomic E-state index is 0.0457. The predicted molar refractivity (Wildman–Crippen MR) is 65.5 cm³/mol. The largest absolute Gasteiger partial charge is 0.393 e. The Morgan fingerprint density at radius 2 is 2.06 bits per heavy atom. The molecule has 0 atom stereocenters. The smallest absolute Gasteiger partial charge is 0.289 e. The zero-order valence-electron chi connectivity index (χ0n) is 10.1. The second-order valence-electron chi connectivity index (χ2n) is 5.23. The van der Waals surface area contributed by atoms with Crippen molar-refractivity contribution in [3.05, 3.63) is 16.0 Å². The van der Waals surface area contributed by atoms with Gasteiger partial charge in [0.05, 0.1) is 5.69 Å². The molecule has 1 aromatic rings. The van der Waals surface area contributed by atoms with Crippen LogP contribution >= 0.6 is 0 Å². The summed E-state index contributed by atoms with van der Waals surface area (Å²) < 4.78 is 1.66. The number of nitrogens with zero attached hydrogens (tertiary/aromatic N) is 1. The molecule has 90 valence electrons. The minimum atomic E-state index is -0.0457. The Morgan fingerprint density at radius 3 is 2.62 bits per heavy atom. The van der Waals surface area contributed by atoms with Crippen molar-refractivity contribution >= 4 is 5.69 Å². The number of aromatic nitrogens is 2. The lowest BCUT2D eigenvalue weighted by Crippen LogP contribution is -2.20. The van der Waals surface area contributed by atoms with Gasteiger partial charge in [-0.05, 0) is 18.8 Å². The van der Waals surface area contributed by atoms with Crippen LogP contribution in [0.25, 0.3) is 0 Å². The van der Waals surface area contributed by atoms with Crippen molar-refractivity contribution in [1.29, 1.82) is 0 Å². The zero-order valence-corrected chi connectivity index (χ0v) is 10.1. The number of nitrogens with one attached hydrogen (secondary N) is 1. The molecule has 1 fully saturated rings. The van der Waals surface area contributed by atoms with E-state index in [2.05, 4.69) is 18.9 Å². The molecule has 0 aliphatic heterocycles. The lowest BCUT2D eigenvalue weighted by molar-refractivity contribution is 0.466. The molecule has 0 amide bonds. The molecule has 1 aromatic heterocycles. The normalized spacial score (nSPS) is 17.4. The van der Waals surface area contributed by atoms with E-state index in [1.165, 1.54) is 12.8 Å². The third-order valence-corrected chi connectivity index (χ3v) is 3.33. The van der Waals surface area contributed by atoms with Crippen molar-refractivity contribution < 1.29 is 0 Å². The number of nitrogen functional groups attached to an aromatic ring is 1. The number of aromatic amines is 1. The van der Waals surface area contributed by atoms with Gasteiger partial charge in [0.2, 0.25) is 0 Å². The SMILES string of the molecule is CC(C)Cn1[nH]c(C2CCCC2)c(N)c1=O. The topological polar surface area (TPSA) is 63.8 Å². The summed E-state index contributed by atoms with van der Waals surface area (Å²) in [5.41, 5.74) is 7.26. The summed E-state index contributed by atoms with van der Waals surface area (Å²) >= 11 is 0. The maximum absolute atomic E-state index is 11.9. The lowest BCUT2D eigenvalue weighted by Gasteiger charge is -2.08. The minimum Gasteiger partial charge on any atom is -0.393 e. The van der Waals surface area contributed by atoms with E-state index in [9.17, 15) is 4.79 Å². The van der Waals surface area contributed by atoms with Crippen LogP contribution in [0.4, 0.5) is 5.69 Å². The van der Waals surface area contributed by atoms with Gasteiger partial charge >= 0.3 is 0 Å². The van der Waals surface area contributed by atoms with E-state index in [4.69, 9.17) is 5.73 Å². The maximum Gasteiger partial charge on any atom is 0.289 e. The van der Waals surface area contributed by atoms with E-state index in [-0.39, 0.29) is 5.56 Å². The fourth-order valence-electron chi connectivity index (χ4n) is 2.54. The van der Waals surface area contributed by atoms with Gasteiger partial charge < -0.3 is 5.73 Å². The average molecular weight is 223 g/mol. The first-order chi connectivity index (χ1) is 7.59. The van der Waals surface area contributed by atoms with Crippen LogP contribution in [0.1, 0.15) is 51.1 Å². The molecule has 0 saturated heterocycles. The van der Waals surface area contributed by atoms with Gasteiger partial charge in [-0.25, -0.2) is 0 Å². The van der Waals surface area contributed by atoms with Crippen molar-refractivity contribution in [2.24, 2.45) is 5.92 Å². The van der Waals surface area contributed by atoms with Crippen molar-refractivity contribution in [3.8, 4) is 0 Å². The Hall–Kier alpha value is -1.19. The van der Waals surface area contributed by atoms with E-state index in [0.29, 0.717) is 17.5 Å². The summed E-state index contributed by atoms with van der Waals surface area (Å²) in [4.78, 5) is 11.9. The van der Waals surface area contributed by atoms with Crippen LogP contribution in [-0.2, 0) is 6.54 Å². The third kappa shape index (κ3) is 2.01. The van der Waals surface area contributed by atoms with Gasteiger partial charge in [-0.1, -0.05) is 26.7 Å². The first-order valence-electron chi connectivity index (χ1n) is 6.17. The molecular formula is C12H21N3O. The zero-order chi connectivity index (χ0) is 11.7. The van der Waals surface area contributed by atoms with Crippen molar-refractivity contribution in [1.82, 2.24) is 9.78 Å². The molecule has 3 N–H and O–H groups in total. The first-order valence-corrected chi connectivity index (χ1v) is 6.17. The Bertz CT molecular complexity index is 410. The Labute approximate surface area is 95.8 Å². The molecule has 16 heavy (non-hydrogen) atoms. The fourth-order valence-corrected chi connectivity index (χ4v) is 2.54. The monoisotopic (exact) mass is 223 g/mol. The highest BCUT2D eigenvalue weighted by atomic mass is 16.1. The van der Waals surface area contributed by atoms with Crippen LogP contribution in [0.15, 0.2) is 4.79 Å². The number of H-pyrrole nitrogens is 1. The van der Waals surface area contributed by atoms with Gasteiger partial charge in [-0.2, -0.15) is 0 Å². The standard InChI is InChI=1S/C12H21N3O/c1-8(2)7-15-12(16)10(13)11(14-15)9-5-3-4-6-9/h8-9,14H,3-7,13H2,1-2H3. The molecular weight excluding hydrogens is 202 g/mol. The van der Waals surface area contributed by atoms with Crippen LogP contribution < -0.4 is 11.3 Å². The molecule has 1 heterocycles. The highest BCUT2D eigenvalue weighted by Gasteiger charge is 2.23. The number of hydrogen-bond acceptors (Lipinski definition) is 2. The van der Waals surface area contributed by atoms with Gasteiger partial charge in [0.25, 0.3) is 5.56 Å². The molecule has 4 nitrogen and oxygen atoms in total. The molecule has 0 bridgehead atoms. The summed E-state index contributed by atoms with van der Waals surface area (Å²) in [5.74, 6) is 0.924. The van der Waals surface area contributed by atoms with Crippen LogP contribution in [0.3, 0.4) is 0 Å². The molecule has 1 aliphatic carbocycles. The van der Waals surface area contributed by atoms with Crippen molar-refractivity contribution in [3.63, 3.8) is 0 Å². The van der Waals surface area contributed by atoms with E-state index in [0.717, 1.165) is 25.1 Å². The van der Waals surface area contributed by atoms with Crippen molar-refractivity contribution in [2.45, 2.75) is 52.0 Å². The second kappa shape index (κ2) is 4.36. The second-order valence-corrected chi connectivity index (χ2v) is 5.23. The summed E-state index contributed by atoms with van der Waals surface area (Å²) in [5, 5.41) is 3.20. The van der Waals surface area contributed by atoms with E-state index >= 15 is 0 Å². The maximum atomic E-state index is 11.9. The van der Waals surface area contributed by atoms with Crippen LogP contribution in [0.5, 0.6) is 0 Å². The summed E-state index contributed by atoms with van der Waals surface area (Å²) in [6, 6.07) is 0. The summed E-state index contributed by atoms with van der Waals surface area (Å²) in [7, 11) is 0. The number of hydrogen-bond donors (Lipinski definition) is 2. The third-order valence-electron chi connectivity index (χ3n) is 3.33. The average Bonchev–Trinajstić information content (AvgIpc) is 2.81. The van der Waals surface area contributed by atoms with E-state index < -0.39 is 0 Å². The molecule has 4 heteroatoms. The molecule has 0 unspecified atom stereocenters. The van der Waals surface area contributed by atoms with Crippen molar-refractivity contribution in [2.75, 3.05) is 5.73 Å². The van der Waals surface area contributed by atoms with Gasteiger partial charge in [0.15, 0.2) is 0 Å². The highest BCUT2D eigenvalue weighted by Crippen LogP contribution is 2.34. The Kier molecular flexibility index (Phi) is 3.08. The lowest BCUT2D eigenvalue weighted by atomic mass is 10.0. The predicted octanol–water partition coefficient (Wildman–Crippen LogP) is 2.07. The molecule has 0 aromatic carbocycles. The van der Waals surface area contributed by atoms with Gasteiger partial charge in [0, 0.05) is 12.5 Å². The van der Waals surface area contributed by atoms with Crippen LogP contribution in [0.2, 0.25) is 0 Å². The van der Waals surface area contributed by atoms with Gasteiger partial charge in [-0.3, -0.25) is 14.6 Å². The molecule has 0 radical (unpaired) electrons. The number of rotatable bonds is 3. The first kappa shape index (κ1) is 11.3. The van der Waals surface area contributed by atoms with Crippen LogP contribution in [0, 0.1) is 5.92 Å². The molecule has 2 rings (SSSR count). The number of anilines is 1. The van der Waals surface area contributed by atoms with Gasteiger partial charge in [0.1, 0.15) is 5.69 Å². The van der Waals surface area contributed by atoms with Gasteiger partial charge in [-0.15, -0.1) is 0 Å². The molecule has 1 aliphatic rings. The van der Waals surface area contributed by atoms with E-state index in [1.54, 1.807) is 4.68 Å².